The highest BCUT2D eigenvalue weighted by molar-refractivity contribution is 5.99. The molecule has 0 N–H and O–H groups in total. The summed E-state index contributed by atoms with van der Waals surface area (Å²) < 4.78 is 15.8. The molecule has 1 aliphatic rings. The van der Waals surface area contributed by atoms with Gasteiger partial charge in [0.25, 0.3) is 0 Å². The van der Waals surface area contributed by atoms with Crippen molar-refractivity contribution in [3.63, 3.8) is 0 Å². The number of nitrogens with zero attached hydrogens (tertiary/aromatic N) is 1. The number of carbonyl (C=O) groups is 2. The largest absolute Gasteiger partial charge is 0.486 e. The Morgan fingerprint density at radius 3 is 2.68 bits per heavy atom. The van der Waals surface area contributed by atoms with E-state index in [0.717, 1.165) is 0 Å². The molecule has 0 spiro atoms. The van der Waals surface area contributed by atoms with Crippen LogP contribution in [0.3, 0.4) is 0 Å². The molecule has 112 valence electrons. The van der Waals surface area contributed by atoms with Gasteiger partial charge in [-0.2, -0.15) is 0 Å². The fourth-order valence-electron chi connectivity index (χ4n) is 2.00. The lowest BCUT2D eigenvalue weighted by molar-refractivity contribution is 0.0474. The summed E-state index contributed by atoms with van der Waals surface area (Å²) >= 11 is 0. The highest BCUT2D eigenvalue weighted by Crippen LogP contribution is 2.30. The minimum absolute atomic E-state index is 0.303. The van der Waals surface area contributed by atoms with Gasteiger partial charge in [-0.15, -0.1) is 0 Å². The normalized spacial score (nSPS) is 12.5. The van der Waals surface area contributed by atoms with Crippen molar-refractivity contribution >= 4 is 11.8 Å². The molecule has 2 aromatic rings. The second-order valence-corrected chi connectivity index (χ2v) is 4.60. The van der Waals surface area contributed by atoms with Gasteiger partial charge in [0.05, 0.1) is 5.56 Å². The van der Waals surface area contributed by atoms with Crippen LogP contribution in [0.15, 0.2) is 42.7 Å². The summed E-state index contributed by atoms with van der Waals surface area (Å²) in [5, 5.41) is 0. The van der Waals surface area contributed by atoms with Gasteiger partial charge in [-0.3, -0.25) is 9.78 Å². The fourth-order valence-corrected chi connectivity index (χ4v) is 2.00. The van der Waals surface area contributed by atoms with Gasteiger partial charge in [0.15, 0.2) is 23.9 Å². The lowest BCUT2D eigenvalue weighted by Crippen LogP contribution is -2.17. The maximum Gasteiger partial charge on any atom is 0.340 e. The van der Waals surface area contributed by atoms with E-state index in [9.17, 15) is 9.59 Å². The molecule has 6 nitrogen and oxygen atoms in total. The van der Waals surface area contributed by atoms with E-state index in [2.05, 4.69) is 4.98 Å². The number of fused-ring (bicyclic) bond motifs is 1. The fraction of sp³-hybridized carbons (Fsp3) is 0.188. The number of benzene rings is 1. The van der Waals surface area contributed by atoms with Gasteiger partial charge in [-0.05, 0) is 30.3 Å². The summed E-state index contributed by atoms with van der Waals surface area (Å²) in [7, 11) is 0. The molecule has 6 heteroatoms. The standard InChI is InChI=1S/C16H13NO5/c18-13(10-22-16(19)12-2-1-5-17-9-12)11-3-4-14-15(8-11)21-7-6-20-14/h1-5,8-9H,6-7,10H2. The third-order valence-electron chi connectivity index (χ3n) is 3.10. The number of ketones is 1. The number of rotatable bonds is 4. The van der Waals surface area contributed by atoms with Gasteiger partial charge in [-0.25, -0.2) is 4.79 Å². The van der Waals surface area contributed by atoms with Crippen LogP contribution in [0.4, 0.5) is 0 Å². The molecule has 0 atom stereocenters. The molecule has 1 aromatic carbocycles. The first-order chi connectivity index (χ1) is 10.7. The Labute approximate surface area is 126 Å². The summed E-state index contributed by atoms with van der Waals surface area (Å²) in [6.45, 7) is 0.594. The van der Waals surface area contributed by atoms with E-state index in [1.807, 2.05) is 0 Å². The van der Waals surface area contributed by atoms with Crippen molar-refractivity contribution in [1.82, 2.24) is 4.98 Å². The van der Waals surface area contributed by atoms with Gasteiger partial charge in [0.1, 0.15) is 13.2 Å². The molecule has 3 rings (SSSR count). The molecule has 0 saturated heterocycles. The summed E-state index contributed by atoms with van der Waals surface area (Å²) in [5.41, 5.74) is 0.709. The molecule has 22 heavy (non-hydrogen) atoms. The first kappa shape index (κ1) is 14.1. The molecule has 1 aromatic heterocycles. The summed E-state index contributed by atoms with van der Waals surface area (Å²) in [5.74, 6) is 0.235. The topological polar surface area (TPSA) is 74.7 Å². The van der Waals surface area contributed by atoms with Crippen LogP contribution >= 0.6 is 0 Å². The molecule has 0 amide bonds. The van der Waals surface area contributed by atoms with E-state index in [-0.39, 0.29) is 12.4 Å². The number of esters is 1. The Bertz CT molecular complexity index is 699. The molecular weight excluding hydrogens is 286 g/mol. The monoisotopic (exact) mass is 299 g/mol. The van der Waals surface area contributed by atoms with Crippen molar-refractivity contribution in [3.05, 3.63) is 53.9 Å². The SMILES string of the molecule is O=C(COC(=O)c1cccnc1)c1ccc2c(c1)OCCO2. The molecule has 2 heterocycles. The second kappa shape index (κ2) is 6.26. The van der Waals surface area contributed by atoms with Crippen LogP contribution in [0.5, 0.6) is 11.5 Å². The Balaban J connectivity index is 1.64. The maximum atomic E-state index is 12.1. The van der Waals surface area contributed by atoms with E-state index in [0.29, 0.717) is 35.8 Å². The number of carbonyl (C=O) groups excluding carboxylic acids is 2. The zero-order valence-corrected chi connectivity index (χ0v) is 11.7. The quantitative estimate of drug-likeness (QED) is 0.634. The van der Waals surface area contributed by atoms with Gasteiger partial charge < -0.3 is 14.2 Å². The van der Waals surface area contributed by atoms with E-state index in [1.54, 1.807) is 36.5 Å². The number of hydrogen-bond donors (Lipinski definition) is 0. The molecule has 0 saturated carbocycles. The van der Waals surface area contributed by atoms with Crippen molar-refractivity contribution < 1.29 is 23.8 Å². The molecule has 0 unspecified atom stereocenters. The number of Topliss-reactive ketones (excluding diaryl/α,β-unsaturated/α-hetero) is 1. The predicted molar refractivity (Wildman–Crippen MR) is 76.3 cm³/mol. The predicted octanol–water partition coefficient (Wildman–Crippen LogP) is 1.89. The zero-order valence-electron chi connectivity index (χ0n) is 11.7. The molecule has 0 fully saturated rings. The molecule has 0 aliphatic carbocycles. The molecular formula is C16H13NO5. The number of pyridine rings is 1. The van der Waals surface area contributed by atoms with Gasteiger partial charge in [0.2, 0.25) is 0 Å². The summed E-state index contributed by atoms with van der Waals surface area (Å²) in [6, 6.07) is 8.08. The number of hydrogen-bond acceptors (Lipinski definition) is 6. The van der Waals surface area contributed by atoms with Crippen LogP contribution in [0.25, 0.3) is 0 Å². The Kier molecular flexibility index (Phi) is 4.00. The van der Waals surface area contributed by atoms with Crippen molar-refractivity contribution in [2.45, 2.75) is 0 Å². The van der Waals surface area contributed by atoms with Crippen molar-refractivity contribution in [1.29, 1.82) is 0 Å². The van der Waals surface area contributed by atoms with E-state index in [4.69, 9.17) is 14.2 Å². The molecule has 1 aliphatic heterocycles. The van der Waals surface area contributed by atoms with E-state index < -0.39 is 5.97 Å². The Morgan fingerprint density at radius 2 is 1.91 bits per heavy atom. The average Bonchev–Trinajstić information content (AvgIpc) is 2.59. The lowest BCUT2D eigenvalue weighted by atomic mass is 10.1. The van der Waals surface area contributed by atoms with Crippen molar-refractivity contribution in [2.24, 2.45) is 0 Å². The Morgan fingerprint density at radius 1 is 1.09 bits per heavy atom. The number of ether oxygens (including phenoxy) is 3. The Hall–Kier alpha value is -2.89. The first-order valence-corrected chi connectivity index (χ1v) is 6.74. The minimum atomic E-state index is -0.584. The molecule has 0 bridgehead atoms. The van der Waals surface area contributed by atoms with Crippen LogP contribution < -0.4 is 9.47 Å². The highest BCUT2D eigenvalue weighted by Gasteiger charge is 2.16. The van der Waals surface area contributed by atoms with Crippen LogP contribution in [0.2, 0.25) is 0 Å². The third-order valence-corrected chi connectivity index (χ3v) is 3.10. The smallest absolute Gasteiger partial charge is 0.340 e. The van der Waals surface area contributed by atoms with E-state index in [1.165, 1.54) is 6.20 Å². The molecule has 0 radical (unpaired) electrons. The highest BCUT2D eigenvalue weighted by atomic mass is 16.6. The van der Waals surface area contributed by atoms with Gasteiger partial charge in [-0.1, -0.05) is 0 Å². The van der Waals surface area contributed by atoms with Crippen molar-refractivity contribution in [3.8, 4) is 11.5 Å². The van der Waals surface area contributed by atoms with Crippen LogP contribution in [0, 0.1) is 0 Å². The second-order valence-electron chi connectivity index (χ2n) is 4.60. The summed E-state index contributed by atoms with van der Waals surface area (Å²) in [6.07, 6.45) is 2.94. The van der Waals surface area contributed by atoms with Crippen LogP contribution in [-0.2, 0) is 4.74 Å². The first-order valence-electron chi connectivity index (χ1n) is 6.74. The van der Waals surface area contributed by atoms with Crippen LogP contribution in [0.1, 0.15) is 20.7 Å². The lowest BCUT2D eigenvalue weighted by Gasteiger charge is -2.18. The van der Waals surface area contributed by atoms with Crippen molar-refractivity contribution in [2.75, 3.05) is 19.8 Å². The van der Waals surface area contributed by atoms with E-state index >= 15 is 0 Å². The third kappa shape index (κ3) is 3.06. The van der Waals surface area contributed by atoms with Gasteiger partial charge >= 0.3 is 5.97 Å². The maximum absolute atomic E-state index is 12.1. The minimum Gasteiger partial charge on any atom is -0.486 e. The van der Waals surface area contributed by atoms with Crippen LogP contribution in [-0.4, -0.2) is 36.6 Å². The van der Waals surface area contributed by atoms with Gasteiger partial charge in [0, 0.05) is 18.0 Å². The average molecular weight is 299 g/mol. The zero-order chi connectivity index (χ0) is 15.4. The summed E-state index contributed by atoms with van der Waals surface area (Å²) in [4.78, 5) is 27.7. The number of aromatic nitrogens is 1.